The summed E-state index contributed by atoms with van der Waals surface area (Å²) in [4.78, 5) is 15.5. The van der Waals surface area contributed by atoms with Gasteiger partial charge < -0.3 is 13.9 Å². The maximum Gasteiger partial charge on any atom is 0.230 e. The maximum absolute atomic E-state index is 13.9. The Labute approximate surface area is 230 Å². The lowest BCUT2D eigenvalue weighted by Gasteiger charge is -2.31. The number of nitrogens with zero attached hydrogens (tertiary/aromatic N) is 2. The largest absolute Gasteiger partial charge is 0.496 e. The van der Waals surface area contributed by atoms with Crippen LogP contribution in [0.1, 0.15) is 33.1 Å². The van der Waals surface area contributed by atoms with E-state index in [1.807, 2.05) is 19.2 Å². The van der Waals surface area contributed by atoms with Gasteiger partial charge in [-0.15, -0.1) is 0 Å². The highest BCUT2D eigenvalue weighted by Gasteiger charge is 2.47. The Balaban J connectivity index is 1.48. The molecule has 0 aliphatic carbocycles. The van der Waals surface area contributed by atoms with Crippen LogP contribution in [0.5, 0.6) is 11.5 Å². The molecule has 206 valence electrons. The summed E-state index contributed by atoms with van der Waals surface area (Å²) in [6.07, 6.45) is 2.89. The minimum Gasteiger partial charge on any atom is -0.496 e. The summed E-state index contributed by atoms with van der Waals surface area (Å²) in [5, 5.41) is 4.29. The molecule has 9 nitrogen and oxygen atoms in total. The summed E-state index contributed by atoms with van der Waals surface area (Å²) in [7, 11) is 0.583. The minimum atomic E-state index is -4.32. The quantitative estimate of drug-likeness (QED) is 0.346. The molecule has 2 aliphatic rings. The molecule has 0 radical (unpaired) electrons. The summed E-state index contributed by atoms with van der Waals surface area (Å²) in [6, 6.07) is 12.0. The number of hydrogen-bond acceptors (Lipinski definition) is 9. The van der Waals surface area contributed by atoms with Crippen LogP contribution in [0.3, 0.4) is 0 Å². The highest BCUT2D eigenvalue weighted by molar-refractivity contribution is 8.09. The second-order valence-electron chi connectivity index (χ2n) is 9.77. The van der Waals surface area contributed by atoms with Gasteiger partial charge in [0.05, 0.1) is 36.6 Å². The first-order valence-corrected chi connectivity index (χ1v) is 14.1. The predicted molar refractivity (Wildman–Crippen MR) is 148 cm³/mol. The number of anilines is 1. The number of fused-ring (bicyclic) bond motifs is 1. The molecule has 11 heteroatoms. The number of ether oxygens (including phenoxy) is 2. The molecule has 0 spiro atoms. The average molecular weight is 564 g/mol. The van der Waals surface area contributed by atoms with Crippen LogP contribution in [0.25, 0.3) is 11.0 Å². The van der Waals surface area contributed by atoms with Gasteiger partial charge >= 0.3 is 0 Å². The first-order chi connectivity index (χ1) is 19.2. The van der Waals surface area contributed by atoms with Crippen molar-refractivity contribution in [2.45, 2.75) is 23.8 Å². The van der Waals surface area contributed by atoms with Crippen LogP contribution in [-0.4, -0.2) is 52.0 Å². The van der Waals surface area contributed by atoms with E-state index in [9.17, 15) is 17.6 Å². The molecule has 1 unspecified atom stereocenters. The van der Waals surface area contributed by atoms with Gasteiger partial charge in [-0.1, -0.05) is 12.1 Å². The Kier molecular flexibility index (Phi) is 6.35. The lowest BCUT2D eigenvalue weighted by Crippen LogP contribution is -2.31. The fourth-order valence-corrected chi connectivity index (χ4v) is 7.22. The Hall–Kier alpha value is -4.22. The minimum absolute atomic E-state index is 0.0426. The van der Waals surface area contributed by atoms with Crippen molar-refractivity contribution in [3.05, 3.63) is 82.9 Å². The Morgan fingerprint density at radius 2 is 1.75 bits per heavy atom. The van der Waals surface area contributed by atoms with E-state index in [1.165, 1.54) is 31.4 Å². The molecule has 0 saturated heterocycles. The third kappa shape index (κ3) is 4.04. The van der Waals surface area contributed by atoms with Crippen molar-refractivity contribution in [3.8, 4) is 11.5 Å². The third-order valence-electron chi connectivity index (χ3n) is 7.55. The lowest BCUT2D eigenvalue weighted by atomic mass is 9.90. The first kappa shape index (κ1) is 26.0. The molecule has 1 aromatic heterocycles. The number of likely N-dealkylation sites (N-methyl/N-ethyl adjacent to an activating group) is 1. The van der Waals surface area contributed by atoms with Gasteiger partial charge in [0, 0.05) is 18.0 Å². The van der Waals surface area contributed by atoms with Gasteiger partial charge in [-0.3, -0.25) is 15.1 Å². The summed E-state index contributed by atoms with van der Waals surface area (Å²) >= 11 is 0. The lowest BCUT2D eigenvalue weighted by molar-refractivity contribution is 0.106. The number of sulfone groups is 1. The number of rotatable bonds is 5. The normalized spacial score (nSPS) is 19.4. The molecule has 4 aromatic rings. The second-order valence-corrected chi connectivity index (χ2v) is 11.6. The molecule has 6 rings (SSSR count). The van der Waals surface area contributed by atoms with Gasteiger partial charge in [-0.2, -0.15) is 5.10 Å². The van der Waals surface area contributed by atoms with Crippen molar-refractivity contribution in [3.63, 3.8) is 0 Å². The first-order valence-electron chi connectivity index (χ1n) is 12.6. The van der Waals surface area contributed by atoms with Crippen molar-refractivity contribution in [2.75, 3.05) is 33.2 Å². The molecule has 1 atom stereocenters. The van der Waals surface area contributed by atoms with Gasteiger partial charge in [0.2, 0.25) is 20.7 Å². The van der Waals surface area contributed by atoms with Crippen LogP contribution >= 0.6 is 0 Å². The molecule has 0 bridgehead atoms. The molecule has 3 aromatic carbocycles. The number of carbonyl (C=O) groups is 1. The highest BCUT2D eigenvalue weighted by atomic mass is 32.2. The SMILES string of the molecule is COc1ccc(C2Cc3ccc(OC)c4occ(c34)CCN2C)c2c1C(=O)/C(=N/Nc1ccc(F)cc1)S2(=O)=O. The highest BCUT2D eigenvalue weighted by Crippen LogP contribution is 2.44. The zero-order valence-electron chi connectivity index (χ0n) is 22.0. The fourth-order valence-electron chi connectivity index (χ4n) is 5.54. The number of hydrazone groups is 1. The van der Waals surface area contributed by atoms with E-state index in [-0.39, 0.29) is 22.3 Å². The summed E-state index contributed by atoms with van der Waals surface area (Å²) in [5.41, 5.74) is 6.04. The number of Topliss-reactive ketones (excluding diaryl/α,β-unsaturated/α-hetero) is 1. The third-order valence-corrected chi connectivity index (χ3v) is 9.31. The van der Waals surface area contributed by atoms with Crippen LogP contribution in [0.2, 0.25) is 0 Å². The number of carbonyl (C=O) groups excluding carboxylic acids is 1. The molecule has 0 fully saturated rings. The van der Waals surface area contributed by atoms with Gasteiger partial charge in [-0.05, 0) is 73.0 Å². The second kappa shape index (κ2) is 9.76. The van der Waals surface area contributed by atoms with E-state index >= 15 is 0 Å². The summed E-state index contributed by atoms with van der Waals surface area (Å²) in [5.74, 6) is -0.439. The number of hydrogen-bond donors (Lipinski definition) is 1. The van der Waals surface area contributed by atoms with E-state index in [0.29, 0.717) is 42.0 Å². The van der Waals surface area contributed by atoms with Crippen molar-refractivity contribution < 1.29 is 31.5 Å². The van der Waals surface area contributed by atoms with Crippen LogP contribution in [0, 0.1) is 5.82 Å². The van der Waals surface area contributed by atoms with Crippen molar-refractivity contribution >= 4 is 37.3 Å². The van der Waals surface area contributed by atoms with Crippen LogP contribution < -0.4 is 14.9 Å². The van der Waals surface area contributed by atoms with E-state index in [1.54, 1.807) is 25.5 Å². The summed E-state index contributed by atoms with van der Waals surface area (Å²) in [6.45, 7) is 0.623. The molecule has 0 amide bonds. The fraction of sp³-hybridized carbons (Fsp3) is 0.241. The number of halogens is 1. The topological polar surface area (TPSA) is 110 Å². The monoisotopic (exact) mass is 563 g/mol. The summed E-state index contributed by atoms with van der Waals surface area (Å²) < 4.78 is 58.0. The molecule has 0 saturated carbocycles. The average Bonchev–Trinajstić information content (AvgIpc) is 3.46. The smallest absolute Gasteiger partial charge is 0.230 e. The van der Waals surface area contributed by atoms with Crippen LogP contribution in [-0.2, 0) is 22.7 Å². The number of ketones is 1. The molecule has 2 aliphatic heterocycles. The van der Waals surface area contributed by atoms with E-state index in [4.69, 9.17) is 13.9 Å². The number of nitrogens with one attached hydrogen (secondary N) is 1. The van der Waals surface area contributed by atoms with Crippen LogP contribution in [0.4, 0.5) is 10.1 Å². The zero-order chi connectivity index (χ0) is 28.2. The Morgan fingerprint density at radius 3 is 2.48 bits per heavy atom. The molecular weight excluding hydrogens is 537 g/mol. The van der Waals surface area contributed by atoms with Crippen molar-refractivity contribution in [2.24, 2.45) is 5.10 Å². The van der Waals surface area contributed by atoms with Crippen molar-refractivity contribution in [1.29, 1.82) is 0 Å². The predicted octanol–water partition coefficient (Wildman–Crippen LogP) is 4.76. The van der Waals surface area contributed by atoms with E-state index in [2.05, 4.69) is 15.4 Å². The number of furan rings is 1. The maximum atomic E-state index is 13.9. The molecule has 3 heterocycles. The van der Waals surface area contributed by atoms with Gasteiger partial charge in [0.25, 0.3) is 0 Å². The molecular formula is C29H26FN3O6S. The zero-order valence-corrected chi connectivity index (χ0v) is 22.8. The van der Waals surface area contributed by atoms with Gasteiger partial charge in [0.15, 0.2) is 11.3 Å². The molecule has 40 heavy (non-hydrogen) atoms. The number of benzene rings is 3. The Morgan fingerprint density at radius 1 is 1.02 bits per heavy atom. The number of methoxy groups -OCH3 is 2. The van der Waals surface area contributed by atoms with Gasteiger partial charge in [-0.25, -0.2) is 12.8 Å². The van der Waals surface area contributed by atoms with Crippen LogP contribution in [0.15, 0.2) is 69.2 Å². The van der Waals surface area contributed by atoms with E-state index < -0.39 is 26.5 Å². The van der Waals surface area contributed by atoms with Crippen molar-refractivity contribution in [1.82, 2.24) is 4.90 Å². The van der Waals surface area contributed by atoms with E-state index in [0.717, 1.165) is 16.5 Å². The molecule has 1 N–H and O–H groups in total. The van der Waals surface area contributed by atoms with Gasteiger partial charge in [0.1, 0.15) is 11.6 Å². The standard InChI is InChI=1S/C29H26FN3O6S/c1-33-13-12-17-15-39-27-23(38-3)10-4-16(24(17)27)14-21(33)20-9-11-22(37-2)25-26(34)29(40(35,36)28(20)25)32-31-19-7-5-18(30)6-8-19/h4-11,15,21,31H,12-14H2,1-3H3/b32-29-. The Bertz CT molecular complexity index is 1800.